The van der Waals surface area contributed by atoms with Gasteiger partial charge in [0.1, 0.15) is 6.04 Å². The van der Waals surface area contributed by atoms with E-state index in [1.807, 2.05) is 0 Å². The summed E-state index contributed by atoms with van der Waals surface area (Å²) in [6, 6.07) is -0.415. The highest BCUT2D eigenvalue weighted by Crippen LogP contribution is 2.19. The number of nitrogens with one attached hydrogen (secondary N) is 1. The van der Waals surface area contributed by atoms with Crippen molar-refractivity contribution in [3.05, 3.63) is 0 Å². The molecule has 2 rings (SSSR count). The summed E-state index contributed by atoms with van der Waals surface area (Å²) < 4.78 is 0. The number of amides is 3. The van der Waals surface area contributed by atoms with E-state index in [1.54, 1.807) is 16.7 Å². The van der Waals surface area contributed by atoms with E-state index in [0.717, 1.165) is 11.5 Å². The quantitative estimate of drug-likeness (QED) is 0.508. The minimum atomic E-state index is -0.222. The van der Waals surface area contributed by atoms with Crippen molar-refractivity contribution < 1.29 is 9.59 Å². The lowest BCUT2D eigenvalue weighted by Gasteiger charge is -2.25. The number of carbonyl (C=O) groups excluding carboxylic acids is 2. The highest BCUT2D eigenvalue weighted by molar-refractivity contribution is 7.99. The van der Waals surface area contributed by atoms with Crippen LogP contribution in [0.1, 0.15) is 0 Å². The van der Waals surface area contributed by atoms with Crippen LogP contribution in [0.5, 0.6) is 0 Å². The molecule has 0 spiro atoms. The first-order valence-corrected chi connectivity index (χ1v) is 4.64. The first-order chi connectivity index (χ1) is 5.29. The Morgan fingerprint density at radius 1 is 1.55 bits per heavy atom. The molecule has 5 heteroatoms. The molecule has 0 aromatic rings. The molecule has 3 amide bonds. The Morgan fingerprint density at radius 2 is 2.36 bits per heavy atom. The standard InChI is InChI=1S/C6H8N2O2S/c9-5-4-3-11-2-1-8(4)6(10)7-5/h4H,1-3H2,(H,7,9,10). The lowest BCUT2D eigenvalue weighted by atomic mass is 10.3. The summed E-state index contributed by atoms with van der Waals surface area (Å²) in [5.41, 5.74) is 0. The largest absolute Gasteiger partial charge is 0.324 e. The van der Waals surface area contributed by atoms with Crippen molar-refractivity contribution in [3.8, 4) is 0 Å². The minimum absolute atomic E-state index is 0.137. The number of imide groups is 1. The van der Waals surface area contributed by atoms with Crippen molar-refractivity contribution in [3.63, 3.8) is 0 Å². The molecule has 2 heterocycles. The predicted molar refractivity (Wildman–Crippen MR) is 41.4 cm³/mol. The topological polar surface area (TPSA) is 49.4 Å². The number of hydrogen-bond donors (Lipinski definition) is 1. The number of hydrogen-bond acceptors (Lipinski definition) is 3. The van der Waals surface area contributed by atoms with Gasteiger partial charge < -0.3 is 4.90 Å². The molecule has 0 radical (unpaired) electrons. The molecular weight excluding hydrogens is 164 g/mol. The third-order valence-corrected chi connectivity index (χ3v) is 2.94. The van der Waals surface area contributed by atoms with E-state index in [2.05, 4.69) is 5.32 Å². The highest BCUT2D eigenvalue weighted by atomic mass is 32.2. The van der Waals surface area contributed by atoms with E-state index in [-0.39, 0.29) is 18.0 Å². The van der Waals surface area contributed by atoms with Crippen molar-refractivity contribution >= 4 is 23.7 Å². The highest BCUT2D eigenvalue weighted by Gasteiger charge is 2.39. The molecule has 0 bridgehead atoms. The Balaban J connectivity index is 2.19. The molecule has 60 valence electrons. The van der Waals surface area contributed by atoms with E-state index in [9.17, 15) is 9.59 Å². The maximum absolute atomic E-state index is 11.0. The first-order valence-electron chi connectivity index (χ1n) is 3.48. The lowest BCUT2D eigenvalue weighted by Crippen LogP contribution is -2.41. The molecule has 11 heavy (non-hydrogen) atoms. The molecule has 2 saturated heterocycles. The molecule has 0 saturated carbocycles. The number of rotatable bonds is 0. The Morgan fingerprint density at radius 3 is 3.09 bits per heavy atom. The fourth-order valence-corrected chi connectivity index (χ4v) is 2.37. The fourth-order valence-electron chi connectivity index (χ4n) is 1.32. The maximum Gasteiger partial charge on any atom is 0.324 e. The van der Waals surface area contributed by atoms with E-state index >= 15 is 0 Å². The molecule has 1 unspecified atom stereocenters. The van der Waals surface area contributed by atoms with Gasteiger partial charge in [0.05, 0.1) is 0 Å². The number of carbonyl (C=O) groups is 2. The zero-order valence-electron chi connectivity index (χ0n) is 5.87. The summed E-state index contributed by atoms with van der Waals surface area (Å²) in [6.45, 7) is 0.701. The Kier molecular flexibility index (Phi) is 1.52. The van der Waals surface area contributed by atoms with Crippen LogP contribution in [0.2, 0.25) is 0 Å². The van der Waals surface area contributed by atoms with E-state index < -0.39 is 0 Å². The zero-order valence-corrected chi connectivity index (χ0v) is 6.69. The summed E-state index contributed by atoms with van der Waals surface area (Å²) in [6.07, 6.45) is 0. The van der Waals surface area contributed by atoms with Crippen LogP contribution in [0.4, 0.5) is 4.79 Å². The van der Waals surface area contributed by atoms with Crippen LogP contribution in [0.3, 0.4) is 0 Å². The van der Waals surface area contributed by atoms with Gasteiger partial charge in [-0.3, -0.25) is 10.1 Å². The summed E-state index contributed by atoms with van der Waals surface area (Å²) >= 11 is 1.72. The number of thioether (sulfide) groups is 1. The molecule has 2 aliphatic rings. The summed E-state index contributed by atoms with van der Waals surface area (Å²) in [5.74, 6) is 1.55. The second-order valence-corrected chi connectivity index (χ2v) is 3.73. The van der Waals surface area contributed by atoms with E-state index in [4.69, 9.17) is 0 Å². The van der Waals surface area contributed by atoms with Crippen molar-refractivity contribution in [1.29, 1.82) is 0 Å². The third-order valence-electron chi connectivity index (χ3n) is 1.92. The molecular formula is C6H8N2O2S. The van der Waals surface area contributed by atoms with Crippen LogP contribution < -0.4 is 5.32 Å². The fraction of sp³-hybridized carbons (Fsp3) is 0.667. The van der Waals surface area contributed by atoms with Crippen LogP contribution in [0.15, 0.2) is 0 Å². The Labute approximate surface area is 68.3 Å². The molecule has 0 aromatic heterocycles. The van der Waals surface area contributed by atoms with Gasteiger partial charge in [0.2, 0.25) is 0 Å². The molecule has 0 aromatic carbocycles. The third kappa shape index (κ3) is 0.994. The molecule has 1 N–H and O–H groups in total. The van der Waals surface area contributed by atoms with E-state index in [0.29, 0.717) is 6.54 Å². The smallest absolute Gasteiger partial charge is 0.311 e. The van der Waals surface area contributed by atoms with Gasteiger partial charge in [0.15, 0.2) is 0 Å². The van der Waals surface area contributed by atoms with Crippen LogP contribution in [0, 0.1) is 0 Å². The maximum atomic E-state index is 11.0. The van der Waals surface area contributed by atoms with Gasteiger partial charge in [-0.2, -0.15) is 11.8 Å². The SMILES string of the molecule is O=C1NC(=O)N2CCSCC12. The zero-order chi connectivity index (χ0) is 7.84. The van der Waals surface area contributed by atoms with Gasteiger partial charge in [0, 0.05) is 18.1 Å². The van der Waals surface area contributed by atoms with Gasteiger partial charge in [-0.15, -0.1) is 0 Å². The summed E-state index contributed by atoms with van der Waals surface area (Å²) in [4.78, 5) is 23.6. The van der Waals surface area contributed by atoms with Crippen LogP contribution >= 0.6 is 11.8 Å². The van der Waals surface area contributed by atoms with Crippen LogP contribution in [-0.2, 0) is 4.79 Å². The Hall–Kier alpha value is -0.710. The number of fused-ring (bicyclic) bond motifs is 1. The van der Waals surface area contributed by atoms with Crippen LogP contribution in [0.25, 0.3) is 0 Å². The number of nitrogens with zero attached hydrogens (tertiary/aromatic N) is 1. The monoisotopic (exact) mass is 172 g/mol. The van der Waals surface area contributed by atoms with Crippen molar-refractivity contribution in [2.45, 2.75) is 6.04 Å². The van der Waals surface area contributed by atoms with Gasteiger partial charge in [-0.1, -0.05) is 0 Å². The normalized spacial score (nSPS) is 30.2. The molecule has 0 aliphatic carbocycles. The average Bonchev–Trinajstić information content (AvgIpc) is 2.30. The molecule has 1 atom stereocenters. The molecule has 4 nitrogen and oxygen atoms in total. The van der Waals surface area contributed by atoms with Crippen molar-refractivity contribution in [1.82, 2.24) is 10.2 Å². The Bertz CT molecular complexity index is 197. The van der Waals surface area contributed by atoms with Gasteiger partial charge in [0.25, 0.3) is 5.91 Å². The summed E-state index contributed by atoms with van der Waals surface area (Å²) in [5, 5.41) is 2.29. The minimum Gasteiger partial charge on any atom is -0.311 e. The second-order valence-electron chi connectivity index (χ2n) is 2.58. The van der Waals surface area contributed by atoms with Crippen molar-refractivity contribution in [2.75, 3.05) is 18.1 Å². The first kappa shape index (κ1) is 6.97. The second kappa shape index (κ2) is 2.41. The van der Waals surface area contributed by atoms with E-state index in [1.165, 1.54) is 0 Å². The van der Waals surface area contributed by atoms with Gasteiger partial charge in [-0.25, -0.2) is 4.79 Å². The molecule has 2 fully saturated rings. The average molecular weight is 172 g/mol. The predicted octanol–water partition coefficient (Wildman–Crippen LogP) is -0.346. The van der Waals surface area contributed by atoms with Gasteiger partial charge in [-0.05, 0) is 0 Å². The summed E-state index contributed by atoms with van der Waals surface area (Å²) in [7, 11) is 0. The van der Waals surface area contributed by atoms with Crippen molar-refractivity contribution in [2.24, 2.45) is 0 Å². The number of urea groups is 1. The lowest BCUT2D eigenvalue weighted by molar-refractivity contribution is -0.120. The molecule has 2 aliphatic heterocycles. The van der Waals surface area contributed by atoms with Crippen LogP contribution in [-0.4, -0.2) is 40.9 Å². The van der Waals surface area contributed by atoms with Gasteiger partial charge >= 0.3 is 6.03 Å².